The number of likely N-dealkylation sites (N-methyl/N-ethyl adjacent to an activating group) is 2. The number of nitrogens with zero attached hydrogens (tertiary/aromatic N) is 4. The van der Waals surface area contributed by atoms with Crippen LogP contribution in [0.4, 0.5) is 16.6 Å². The van der Waals surface area contributed by atoms with Gasteiger partial charge in [-0.05, 0) is 52.4 Å². The molecule has 2 saturated heterocycles. The van der Waals surface area contributed by atoms with E-state index in [1.54, 1.807) is 12.3 Å². The number of nitrogens with one attached hydrogen (secondary N) is 2. The minimum atomic E-state index is -0.448. The van der Waals surface area contributed by atoms with Gasteiger partial charge in [-0.1, -0.05) is 0 Å². The van der Waals surface area contributed by atoms with Crippen LogP contribution in [0.3, 0.4) is 0 Å². The first-order valence-corrected chi connectivity index (χ1v) is 9.05. The van der Waals surface area contributed by atoms with Crippen LogP contribution < -0.4 is 15.5 Å². The lowest BCUT2D eigenvalue weighted by molar-refractivity contribution is 0.0593. The van der Waals surface area contributed by atoms with E-state index in [-0.39, 0.29) is 6.10 Å². The van der Waals surface area contributed by atoms with Crippen LogP contribution in [0.25, 0.3) is 0 Å². The summed E-state index contributed by atoms with van der Waals surface area (Å²) < 4.78 is 5.51. The highest BCUT2D eigenvalue weighted by atomic mass is 16.6. The van der Waals surface area contributed by atoms with E-state index in [4.69, 9.17) is 4.74 Å². The molecule has 2 fully saturated rings. The van der Waals surface area contributed by atoms with Crippen molar-refractivity contribution in [2.24, 2.45) is 0 Å². The molecule has 8 nitrogen and oxygen atoms in total. The van der Waals surface area contributed by atoms with Crippen LogP contribution in [0.1, 0.15) is 25.7 Å². The van der Waals surface area contributed by atoms with E-state index in [9.17, 15) is 4.79 Å². The zero-order valence-corrected chi connectivity index (χ0v) is 15.1. The Morgan fingerprint density at radius 3 is 2.92 bits per heavy atom. The van der Waals surface area contributed by atoms with Gasteiger partial charge in [-0.3, -0.25) is 5.32 Å². The number of amides is 1. The van der Waals surface area contributed by atoms with Crippen LogP contribution in [0.5, 0.6) is 0 Å². The predicted octanol–water partition coefficient (Wildman–Crippen LogP) is 1.31. The lowest BCUT2D eigenvalue weighted by Crippen LogP contribution is -2.45. The number of likely N-dealkylation sites (tertiary alicyclic amines) is 1. The number of carbonyl (C=O) groups excluding carboxylic acids is 1. The molecule has 0 radical (unpaired) electrons. The van der Waals surface area contributed by atoms with Gasteiger partial charge in [0.1, 0.15) is 11.9 Å². The SMILES string of the molecule is CN[C@@H]1CCCN(c2nccc(NC(=O)O[C@@H]3CCCN(C)C3)n2)C1. The van der Waals surface area contributed by atoms with E-state index in [0.717, 1.165) is 51.9 Å². The maximum Gasteiger partial charge on any atom is 0.413 e. The quantitative estimate of drug-likeness (QED) is 0.849. The van der Waals surface area contributed by atoms with Gasteiger partial charge in [-0.25, -0.2) is 9.78 Å². The molecule has 0 unspecified atom stereocenters. The molecule has 138 valence electrons. The zero-order chi connectivity index (χ0) is 17.6. The van der Waals surface area contributed by atoms with Gasteiger partial charge < -0.3 is 19.9 Å². The monoisotopic (exact) mass is 348 g/mol. The minimum Gasteiger partial charge on any atom is -0.445 e. The maximum atomic E-state index is 12.1. The van der Waals surface area contributed by atoms with Crippen molar-refractivity contribution in [3.63, 3.8) is 0 Å². The standard InChI is InChI=1S/C17H28N6O2/c1-18-13-5-3-10-23(11-13)16-19-8-7-15(20-16)21-17(24)25-14-6-4-9-22(2)12-14/h7-8,13-14,18H,3-6,9-12H2,1-2H3,(H,19,20,21,24)/t13-,14-/m1/s1. The number of hydrogen-bond acceptors (Lipinski definition) is 7. The molecule has 2 N–H and O–H groups in total. The molecule has 0 aliphatic carbocycles. The molecule has 0 bridgehead atoms. The van der Waals surface area contributed by atoms with Crippen LogP contribution in [0.2, 0.25) is 0 Å². The molecular formula is C17H28N6O2. The molecule has 3 heterocycles. The van der Waals surface area contributed by atoms with Crippen LogP contribution in [0, 0.1) is 0 Å². The Balaban J connectivity index is 1.56. The molecular weight excluding hydrogens is 320 g/mol. The van der Waals surface area contributed by atoms with E-state index >= 15 is 0 Å². The normalized spacial score (nSPS) is 24.8. The number of rotatable bonds is 4. The summed E-state index contributed by atoms with van der Waals surface area (Å²) >= 11 is 0. The van der Waals surface area contributed by atoms with Crippen molar-refractivity contribution < 1.29 is 9.53 Å². The number of ether oxygens (including phenoxy) is 1. The molecule has 0 saturated carbocycles. The van der Waals surface area contributed by atoms with Crippen molar-refractivity contribution in [1.82, 2.24) is 20.2 Å². The third-order valence-corrected chi connectivity index (χ3v) is 4.84. The Hall–Kier alpha value is -1.93. The molecule has 25 heavy (non-hydrogen) atoms. The average molecular weight is 348 g/mol. The molecule has 3 rings (SSSR count). The zero-order valence-electron chi connectivity index (χ0n) is 15.1. The molecule has 1 aromatic heterocycles. The van der Waals surface area contributed by atoms with Crippen molar-refractivity contribution in [1.29, 1.82) is 0 Å². The van der Waals surface area contributed by atoms with Gasteiger partial charge in [0.15, 0.2) is 0 Å². The van der Waals surface area contributed by atoms with Crippen molar-refractivity contribution in [2.75, 3.05) is 50.5 Å². The van der Waals surface area contributed by atoms with Gasteiger partial charge in [0.2, 0.25) is 5.95 Å². The first-order chi connectivity index (χ1) is 12.1. The topological polar surface area (TPSA) is 82.6 Å². The van der Waals surface area contributed by atoms with Crippen LogP contribution in [-0.4, -0.2) is 73.4 Å². The highest BCUT2D eigenvalue weighted by Crippen LogP contribution is 2.18. The lowest BCUT2D eigenvalue weighted by atomic mass is 10.1. The largest absolute Gasteiger partial charge is 0.445 e. The molecule has 2 atom stereocenters. The molecule has 1 aromatic rings. The Bertz CT molecular complexity index is 584. The summed E-state index contributed by atoms with van der Waals surface area (Å²) in [7, 11) is 4.02. The second kappa shape index (κ2) is 8.44. The van der Waals surface area contributed by atoms with E-state index in [1.165, 1.54) is 0 Å². The molecule has 8 heteroatoms. The van der Waals surface area contributed by atoms with Gasteiger partial charge in [0.25, 0.3) is 0 Å². The number of aromatic nitrogens is 2. The summed E-state index contributed by atoms with van der Waals surface area (Å²) in [5.41, 5.74) is 0. The van der Waals surface area contributed by atoms with Crippen LogP contribution in [-0.2, 0) is 4.74 Å². The van der Waals surface area contributed by atoms with Gasteiger partial charge in [0.05, 0.1) is 0 Å². The van der Waals surface area contributed by atoms with E-state index in [2.05, 4.69) is 30.4 Å². The first kappa shape index (κ1) is 17.9. The van der Waals surface area contributed by atoms with E-state index < -0.39 is 6.09 Å². The fourth-order valence-electron chi connectivity index (χ4n) is 3.47. The fourth-order valence-corrected chi connectivity index (χ4v) is 3.47. The number of hydrogen-bond donors (Lipinski definition) is 2. The van der Waals surface area contributed by atoms with Crippen molar-refractivity contribution >= 4 is 17.9 Å². The molecule has 0 aromatic carbocycles. The maximum absolute atomic E-state index is 12.1. The lowest BCUT2D eigenvalue weighted by Gasteiger charge is -2.32. The number of anilines is 2. The molecule has 2 aliphatic heterocycles. The van der Waals surface area contributed by atoms with Crippen molar-refractivity contribution in [2.45, 2.75) is 37.8 Å². The van der Waals surface area contributed by atoms with Crippen LogP contribution >= 0.6 is 0 Å². The highest BCUT2D eigenvalue weighted by Gasteiger charge is 2.22. The molecule has 2 aliphatic rings. The summed E-state index contributed by atoms with van der Waals surface area (Å²) in [5.74, 6) is 1.13. The first-order valence-electron chi connectivity index (χ1n) is 9.05. The summed E-state index contributed by atoms with van der Waals surface area (Å²) in [6.07, 6.45) is 5.39. The van der Waals surface area contributed by atoms with Gasteiger partial charge in [0, 0.05) is 31.9 Å². The van der Waals surface area contributed by atoms with Crippen molar-refractivity contribution in [3.8, 4) is 0 Å². The Morgan fingerprint density at radius 1 is 1.28 bits per heavy atom. The summed E-state index contributed by atoms with van der Waals surface area (Å²) in [4.78, 5) is 25.3. The predicted molar refractivity (Wildman–Crippen MR) is 96.9 cm³/mol. The third kappa shape index (κ3) is 5.02. The summed E-state index contributed by atoms with van der Waals surface area (Å²) in [5, 5.41) is 6.04. The van der Waals surface area contributed by atoms with Crippen LogP contribution in [0.15, 0.2) is 12.3 Å². The summed E-state index contributed by atoms with van der Waals surface area (Å²) in [6, 6.07) is 2.14. The average Bonchev–Trinajstić information content (AvgIpc) is 2.62. The van der Waals surface area contributed by atoms with E-state index in [0.29, 0.717) is 17.8 Å². The molecule has 0 spiro atoms. The Morgan fingerprint density at radius 2 is 2.12 bits per heavy atom. The highest BCUT2D eigenvalue weighted by molar-refractivity contribution is 5.83. The number of piperidine rings is 2. The second-order valence-electron chi connectivity index (χ2n) is 6.87. The van der Waals surface area contributed by atoms with Gasteiger partial charge in [-0.2, -0.15) is 4.98 Å². The second-order valence-corrected chi connectivity index (χ2v) is 6.87. The molecule has 1 amide bonds. The number of carbonyl (C=O) groups is 1. The van der Waals surface area contributed by atoms with Crippen molar-refractivity contribution in [3.05, 3.63) is 12.3 Å². The van der Waals surface area contributed by atoms with E-state index in [1.807, 2.05) is 14.1 Å². The summed E-state index contributed by atoms with van der Waals surface area (Å²) in [6.45, 7) is 3.64. The minimum absolute atomic E-state index is 0.0569. The fraction of sp³-hybridized carbons (Fsp3) is 0.706. The Labute approximate surface area is 148 Å². The smallest absolute Gasteiger partial charge is 0.413 e. The Kier molecular flexibility index (Phi) is 6.04. The van der Waals surface area contributed by atoms with Gasteiger partial charge in [-0.15, -0.1) is 0 Å². The third-order valence-electron chi connectivity index (χ3n) is 4.84. The van der Waals surface area contributed by atoms with Gasteiger partial charge >= 0.3 is 6.09 Å².